The maximum absolute atomic E-state index is 12.4. The largest absolute Gasteiger partial charge is 0.460 e. The van der Waals surface area contributed by atoms with Crippen molar-refractivity contribution in [3.8, 4) is 5.75 Å². The van der Waals surface area contributed by atoms with Gasteiger partial charge in [-0.25, -0.2) is 13.2 Å². The molecule has 6 heteroatoms. The van der Waals surface area contributed by atoms with Crippen molar-refractivity contribution in [3.63, 3.8) is 0 Å². The molecular weight excluding hydrogens is 221 g/mol. The Kier molecular flexibility index (Phi) is 4.30. The highest BCUT2D eigenvalue weighted by Crippen LogP contribution is 2.15. The van der Waals surface area contributed by atoms with E-state index in [0.29, 0.717) is 12.0 Å². The number of nitrogens with zero attached hydrogens (tertiary/aromatic N) is 1. The Hall–Kier alpha value is -1.56. The Bertz CT molecular complexity index is 363. The Morgan fingerprint density at radius 2 is 2.19 bits per heavy atom. The topological polar surface area (TPSA) is 48.1 Å². The van der Waals surface area contributed by atoms with E-state index in [0.717, 1.165) is 0 Å². The summed E-state index contributed by atoms with van der Waals surface area (Å²) < 4.78 is 40.5. The molecule has 0 aromatic carbocycles. The van der Waals surface area contributed by atoms with Gasteiger partial charge in [-0.3, -0.25) is 4.98 Å². The van der Waals surface area contributed by atoms with E-state index in [2.05, 4.69) is 9.72 Å². The fraction of sp³-hybridized carbons (Fsp3) is 0.300. The van der Waals surface area contributed by atoms with Gasteiger partial charge in [0.25, 0.3) is 6.43 Å². The van der Waals surface area contributed by atoms with Crippen molar-refractivity contribution in [1.29, 1.82) is 0 Å². The van der Waals surface area contributed by atoms with Crippen LogP contribution in [0.2, 0.25) is 0 Å². The van der Waals surface area contributed by atoms with Gasteiger partial charge < -0.3 is 10.5 Å². The van der Waals surface area contributed by atoms with Crippen LogP contribution in [-0.4, -0.2) is 11.4 Å². The minimum absolute atomic E-state index is 0.167. The van der Waals surface area contributed by atoms with E-state index in [4.69, 9.17) is 5.73 Å². The van der Waals surface area contributed by atoms with Crippen molar-refractivity contribution >= 4 is 0 Å². The molecule has 0 saturated heterocycles. The molecule has 0 aliphatic rings. The van der Waals surface area contributed by atoms with Crippen LogP contribution in [0.15, 0.2) is 30.4 Å². The molecule has 16 heavy (non-hydrogen) atoms. The van der Waals surface area contributed by atoms with E-state index in [1.165, 1.54) is 12.3 Å². The molecule has 3 nitrogen and oxygen atoms in total. The lowest BCUT2D eigenvalue weighted by atomic mass is 10.2. The van der Waals surface area contributed by atoms with Crippen LogP contribution in [0.4, 0.5) is 13.2 Å². The van der Waals surface area contributed by atoms with Crippen molar-refractivity contribution in [1.82, 2.24) is 4.98 Å². The summed E-state index contributed by atoms with van der Waals surface area (Å²) >= 11 is 0. The fourth-order valence-corrected chi connectivity index (χ4v) is 0.907. The number of pyridine rings is 1. The van der Waals surface area contributed by atoms with Gasteiger partial charge in [-0.05, 0) is 19.1 Å². The van der Waals surface area contributed by atoms with Gasteiger partial charge in [0.2, 0.25) is 5.83 Å². The van der Waals surface area contributed by atoms with Crippen LogP contribution >= 0.6 is 0 Å². The Morgan fingerprint density at radius 3 is 2.62 bits per heavy atom. The molecule has 0 amide bonds. The Labute approximate surface area is 90.7 Å². The molecule has 2 N–H and O–H groups in total. The second-order valence-corrected chi connectivity index (χ2v) is 3.13. The average molecular weight is 232 g/mol. The summed E-state index contributed by atoms with van der Waals surface area (Å²) in [5, 5.41) is 0. The van der Waals surface area contributed by atoms with Crippen molar-refractivity contribution < 1.29 is 17.9 Å². The molecule has 1 rings (SSSR count). The third-order valence-electron chi connectivity index (χ3n) is 1.74. The molecule has 0 aliphatic carbocycles. The first-order valence-electron chi connectivity index (χ1n) is 4.52. The van der Waals surface area contributed by atoms with E-state index in [1.54, 1.807) is 13.0 Å². The average Bonchev–Trinajstić information content (AvgIpc) is 2.26. The van der Waals surface area contributed by atoms with Crippen LogP contribution in [0.3, 0.4) is 0 Å². The van der Waals surface area contributed by atoms with E-state index >= 15 is 0 Å². The van der Waals surface area contributed by atoms with Crippen LogP contribution < -0.4 is 10.5 Å². The van der Waals surface area contributed by atoms with Gasteiger partial charge in [0, 0.05) is 6.04 Å². The summed E-state index contributed by atoms with van der Waals surface area (Å²) in [6.07, 6.45) is -1.53. The highest BCUT2D eigenvalue weighted by atomic mass is 19.3. The Morgan fingerprint density at radius 1 is 1.50 bits per heavy atom. The van der Waals surface area contributed by atoms with E-state index in [1.807, 2.05) is 0 Å². The van der Waals surface area contributed by atoms with E-state index in [9.17, 15) is 13.2 Å². The van der Waals surface area contributed by atoms with Crippen LogP contribution in [0.25, 0.3) is 0 Å². The predicted molar refractivity (Wildman–Crippen MR) is 52.7 cm³/mol. The fourth-order valence-electron chi connectivity index (χ4n) is 0.907. The van der Waals surface area contributed by atoms with Gasteiger partial charge in [-0.1, -0.05) is 0 Å². The first-order valence-corrected chi connectivity index (χ1v) is 4.52. The second kappa shape index (κ2) is 5.50. The third-order valence-corrected chi connectivity index (χ3v) is 1.74. The molecule has 1 unspecified atom stereocenters. The first-order chi connectivity index (χ1) is 7.50. The quantitative estimate of drug-likeness (QED) is 0.811. The number of hydrogen-bond donors (Lipinski definition) is 1. The lowest BCUT2D eigenvalue weighted by molar-refractivity contribution is 0.153. The lowest BCUT2D eigenvalue weighted by Gasteiger charge is -2.05. The van der Waals surface area contributed by atoms with Crippen molar-refractivity contribution in [2.75, 3.05) is 0 Å². The van der Waals surface area contributed by atoms with Crippen molar-refractivity contribution in [2.45, 2.75) is 19.4 Å². The molecule has 0 bridgehead atoms. The van der Waals surface area contributed by atoms with Crippen molar-refractivity contribution in [2.24, 2.45) is 5.73 Å². The van der Waals surface area contributed by atoms with E-state index < -0.39 is 12.3 Å². The number of alkyl halides is 2. The molecule has 88 valence electrons. The predicted octanol–water partition coefficient (Wildman–Crippen LogP) is 2.56. The zero-order chi connectivity index (χ0) is 12.1. The molecule has 0 aliphatic heterocycles. The van der Waals surface area contributed by atoms with E-state index in [-0.39, 0.29) is 11.8 Å². The summed E-state index contributed by atoms with van der Waals surface area (Å²) in [6.45, 7) is 1.75. The van der Waals surface area contributed by atoms with Crippen LogP contribution in [0, 0.1) is 0 Å². The molecule has 1 heterocycles. The monoisotopic (exact) mass is 232 g/mol. The van der Waals surface area contributed by atoms with Gasteiger partial charge >= 0.3 is 0 Å². The van der Waals surface area contributed by atoms with Crippen LogP contribution in [0.5, 0.6) is 5.75 Å². The summed E-state index contributed by atoms with van der Waals surface area (Å²) in [5.41, 5.74) is 6.18. The normalized spacial score (nSPS) is 14.0. The Balaban J connectivity index is 2.66. The van der Waals surface area contributed by atoms with Gasteiger partial charge in [-0.15, -0.1) is 0 Å². The summed E-state index contributed by atoms with van der Waals surface area (Å²) in [6, 6.07) is 2.82. The van der Waals surface area contributed by atoms with Gasteiger partial charge in [0.15, 0.2) is 0 Å². The van der Waals surface area contributed by atoms with Crippen molar-refractivity contribution in [3.05, 3.63) is 36.1 Å². The second-order valence-electron chi connectivity index (χ2n) is 3.13. The number of allylic oxidation sites excluding steroid dienone is 1. The molecule has 0 fully saturated rings. The standard InChI is InChI=1S/C10H11F3N2O/c1-6(14)9-3-2-7(4-15-9)16-5-8(11)10(12)13/h2-6,10H,14H2,1H3/b8-5+. The first kappa shape index (κ1) is 12.5. The van der Waals surface area contributed by atoms with Gasteiger partial charge in [0.1, 0.15) is 12.0 Å². The molecule has 1 aromatic rings. The lowest BCUT2D eigenvalue weighted by Crippen LogP contribution is -2.06. The molecule has 0 spiro atoms. The zero-order valence-electron chi connectivity index (χ0n) is 8.53. The summed E-state index contributed by atoms with van der Waals surface area (Å²) in [5.74, 6) is -1.46. The number of ether oxygens (including phenoxy) is 1. The molecule has 1 aromatic heterocycles. The van der Waals surface area contributed by atoms with Crippen LogP contribution in [-0.2, 0) is 0 Å². The maximum Gasteiger partial charge on any atom is 0.292 e. The number of nitrogens with two attached hydrogens (primary N) is 1. The molecule has 1 atom stereocenters. The zero-order valence-corrected chi connectivity index (χ0v) is 8.53. The summed E-state index contributed by atoms with van der Waals surface area (Å²) in [7, 11) is 0. The molecule has 0 radical (unpaired) electrons. The number of rotatable bonds is 4. The van der Waals surface area contributed by atoms with Crippen LogP contribution in [0.1, 0.15) is 18.7 Å². The molecule has 0 saturated carbocycles. The van der Waals surface area contributed by atoms with Gasteiger partial charge in [-0.2, -0.15) is 0 Å². The smallest absolute Gasteiger partial charge is 0.292 e. The minimum atomic E-state index is -3.17. The summed E-state index contributed by atoms with van der Waals surface area (Å²) in [4.78, 5) is 3.91. The number of halogens is 3. The minimum Gasteiger partial charge on any atom is -0.460 e. The third kappa shape index (κ3) is 3.54. The highest BCUT2D eigenvalue weighted by molar-refractivity contribution is 5.22. The van der Waals surface area contributed by atoms with Gasteiger partial charge in [0.05, 0.1) is 11.9 Å². The number of aromatic nitrogens is 1. The maximum atomic E-state index is 12.4. The number of hydrogen-bond acceptors (Lipinski definition) is 3. The SMILES string of the molecule is CC(N)c1ccc(O/C=C(/F)C(F)F)cn1. The highest BCUT2D eigenvalue weighted by Gasteiger charge is 2.10. The molecular formula is C10H11F3N2O.